The molecule has 3 aromatic rings. The summed E-state index contributed by atoms with van der Waals surface area (Å²) >= 11 is 1.17. The van der Waals surface area contributed by atoms with Gasteiger partial charge in [0, 0.05) is 18.3 Å². The van der Waals surface area contributed by atoms with Crippen LogP contribution in [-0.2, 0) is 16.4 Å². The Balaban J connectivity index is 1.67. The van der Waals surface area contributed by atoms with Gasteiger partial charge in [0.15, 0.2) is 0 Å². The van der Waals surface area contributed by atoms with Crippen molar-refractivity contribution in [2.45, 2.75) is 30.4 Å². The number of anilines is 2. The van der Waals surface area contributed by atoms with Gasteiger partial charge in [0.1, 0.15) is 4.21 Å². The van der Waals surface area contributed by atoms with Gasteiger partial charge >= 0.3 is 0 Å². The van der Waals surface area contributed by atoms with Gasteiger partial charge < -0.3 is 5.32 Å². The molecule has 0 unspecified atom stereocenters. The summed E-state index contributed by atoms with van der Waals surface area (Å²) in [4.78, 5) is 12.5. The number of hydrogen-bond acceptors (Lipinski definition) is 4. The van der Waals surface area contributed by atoms with E-state index in [4.69, 9.17) is 0 Å². The molecule has 1 aromatic heterocycles. The van der Waals surface area contributed by atoms with Gasteiger partial charge in [-0.05, 0) is 66.2 Å². The third-order valence-electron chi connectivity index (χ3n) is 4.63. The van der Waals surface area contributed by atoms with Crippen molar-refractivity contribution in [3.05, 3.63) is 77.2 Å². The van der Waals surface area contributed by atoms with Crippen molar-refractivity contribution in [2.24, 2.45) is 0 Å². The van der Waals surface area contributed by atoms with Crippen molar-refractivity contribution in [3.63, 3.8) is 0 Å². The average Bonchev–Trinajstić information content (AvgIpc) is 3.28. The van der Waals surface area contributed by atoms with E-state index in [1.807, 2.05) is 24.3 Å². The Labute approximate surface area is 176 Å². The van der Waals surface area contributed by atoms with E-state index in [-0.39, 0.29) is 10.1 Å². The van der Waals surface area contributed by atoms with Gasteiger partial charge in [0.2, 0.25) is 0 Å². The summed E-state index contributed by atoms with van der Waals surface area (Å²) in [5.74, 6) is -0.235. The minimum Gasteiger partial charge on any atom is -0.322 e. The Morgan fingerprint density at radius 3 is 2.31 bits per heavy atom. The molecule has 0 aliphatic heterocycles. The predicted molar refractivity (Wildman–Crippen MR) is 119 cm³/mol. The second kappa shape index (κ2) is 9.24. The molecule has 2 aromatic carbocycles. The van der Waals surface area contributed by atoms with Crippen LogP contribution in [-0.4, -0.2) is 21.4 Å². The van der Waals surface area contributed by atoms with E-state index in [9.17, 15) is 13.2 Å². The molecular formula is C22H24N2O3S2. The third-order valence-corrected chi connectivity index (χ3v) is 7.79. The minimum atomic E-state index is -3.59. The van der Waals surface area contributed by atoms with Crippen LogP contribution in [0.5, 0.6) is 0 Å². The second-order valence-corrected chi connectivity index (χ2v) is 9.85. The lowest BCUT2D eigenvalue weighted by atomic mass is 10.1. The van der Waals surface area contributed by atoms with Gasteiger partial charge in [-0.3, -0.25) is 9.10 Å². The molecule has 1 N–H and O–H groups in total. The summed E-state index contributed by atoms with van der Waals surface area (Å²) in [5, 5.41) is 4.60. The molecule has 7 heteroatoms. The number of nitrogens with one attached hydrogen (secondary N) is 1. The first kappa shape index (κ1) is 21.1. The highest BCUT2D eigenvalue weighted by Gasteiger charge is 2.22. The molecule has 0 radical (unpaired) electrons. The Bertz CT molecular complexity index is 1040. The molecule has 0 aliphatic carbocycles. The van der Waals surface area contributed by atoms with Gasteiger partial charge in [-0.25, -0.2) is 8.42 Å². The SMILES string of the molecule is CCCCc1ccc(NC(=O)c2ccc(N(C)S(=O)(=O)c3cccs3)cc2)cc1. The molecule has 1 amide bonds. The number of carbonyl (C=O) groups excluding carboxylic acids is 1. The van der Waals surface area contributed by atoms with Crippen LogP contribution >= 0.6 is 11.3 Å². The topological polar surface area (TPSA) is 66.5 Å². The van der Waals surface area contributed by atoms with Gasteiger partial charge in [0.05, 0.1) is 5.69 Å². The van der Waals surface area contributed by atoms with Crippen LogP contribution in [0.15, 0.2) is 70.3 Å². The Hall–Kier alpha value is -2.64. The lowest BCUT2D eigenvalue weighted by Gasteiger charge is -2.18. The van der Waals surface area contributed by atoms with Crippen molar-refractivity contribution in [3.8, 4) is 0 Å². The van der Waals surface area contributed by atoms with E-state index in [2.05, 4.69) is 12.2 Å². The molecule has 0 spiro atoms. The summed E-state index contributed by atoms with van der Waals surface area (Å²) < 4.78 is 26.7. The monoisotopic (exact) mass is 428 g/mol. The normalized spacial score (nSPS) is 11.2. The van der Waals surface area contributed by atoms with E-state index < -0.39 is 10.0 Å². The first-order chi connectivity index (χ1) is 13.9. The number of aryl methyl sites for hydroxylation is 1. The summed E-state index contributed by atoms with van der Waals surface area (Å²) in [6, 6.07) is 17.7. The highest BCUT2D eigenvalue weighted by atomic mass is 32.2. The largest absolute Gasteiger partial charge is 0.322 e. The number of unbranched alkanes of at least 4 members (excludes halogenated alkanes) is 1. The summed E-state index contributed by atoms with van der Waals surface area (Å²) in [5.41, 5.74) is 2.95. The number of hydrogen-bond donors (Lipinski definition) is 1. The van der Waals surface area contributed by atoms with Crippen LogP contribution in [0.25, 0.3) is 0 Å². The molecule has 0 atom stereocenters. The van der Waals surface area contributed by atoms with E-state index in [1.54, 1.807) is 41.8 Å². The third kappa shape index (κ3) is 5.05. The Morgan fingerprint density at radius 1 is 1.03 bits per heavy atom. The summed E-state index contributed by atoms with van der Waals surface area (Å²) in [6.45, 7) is 2.16. The lowest BCUT2D eigenvalue weighted by molar-refractivity contribution is 0.102. The van der Waals surface area contributed by atoms with Gasteiger partial charge in [-0.2, -0.15) is 0 Å². The minimum absolute atomic E-state index is 0.235. The Kier molecular flexibility index (Phi) is 6.71. The molecule has 5 nitrogen and oxygen atoms in total. The number of carbonyl (C=O) groups is 1. The highest BCUT2D eigenvalue weighted by Crippen LogP contribution is 2.25. The number of amides is 1. The van der Waals surface area contributed by atoms with E-state index in [0.717, 1.165) is 24.9 Å². The molecule has 3 rings (SSSR count). The van der Waals surface area contributed by atoms with Crippen LogP contribution in [0.3, 0.4) is 0 Å². The highest BCUT2D eigenvalue weighted by molar-refractivity contribution is 7.94. The zero-order valence-corrected chi connectivity index (χ0v) is 18.1. The maximum atomic E-state index is 12.6. The van der Waals surface area contributed by atoms with Crippen LogP contribution < -0.4 is 9.62 Å². The summed E-state index contributed by atoms with van der Waals surface area (Å²) in [6.07, 6.45) is 3.33. The molecule has 0 saturated heterocycles. The lowest BCUT2D eigenvalue weighted by Crippen LogP contribution is -2.25. The Morgan fingerprint density at radius 2 is 1.72 bits per heavy atom. The fraction of sp³-hybridized carbons (Fsp3) is 0.227. The molecule has 0 bridgehead atoms. The fourth-order valence-electron chi connectivity index (χ4n) is 2.85. The first-order valence-electron chi connectivity index (χ1n) is 9.44. The zero-order valence-electron chi connectivity index (χ0n) is 16.5. The molecule has 29 heavy (non-hydrogen) atoms. The molecule has 0 fully saturated rings. The molecule has 152 valence electrons. The van der Waals surface area contributed by atoms with Crippen LogP contribution in [0.2, 0.25) is 0 Å². The van der Waals surface area contributed by atoms with Gasteiger partial charge in [-0.1, -0.05) is 31.5 Å². The molecule has 0 saturated carbocycles. The fourth-order valence-corrected chi connectivity index (χ4v) is 5.20. The van der Waals surface area contributed by atoms with Gasteiger partial charge in [-0.15, -0.1) is 11.3 Å². The number of rotatable bonds is 8. The molecule has 0 aliphatic rings. The van der Waals surface area contributed by atoms with Gasteiger partial charge in [0.25, 0.3) is 15.9 Å². The molecular weight excluding hydrogens is 404 g/mol. The van der Waals surface area contributed by atoms with Crippen molar-refractivity contribution < 1.29 is 13.2 Å². The number of thiophene rings is 1. The van der Waals surface area contributed by atoms with E-state index in [0.29, 0.717) is 11.3 Å². The predicted octanol–water partition coefficient (Wildman–Crippen LogP) is 5.17. The number of sulfonamides is 1. The van der Waals surface area contributed by atoms with Crippen LogP contribution in [0.1, 0.15) is 35.7 Å². The van der Waals surface area contributed by atoms with Crippen molar-refractivity contribution in [1.82, 2.24) is 0 Å². The average molecular weight is 429 g/mol. The maximum Gasteiger partial charge on any atom is 0.273 e. The van der Waals surface area contributed by atoms with Crippen LogP contribution in [0, 0.1) is 0 Å². The number of benzene rings is 2. The van der Waals surface area contributed by atoms with Crippen molar-refractivity contribution >= 4 is 38.6 Å². The standard InChI is InChI=1S/C22H24N2O3S2/c1-3-4-6-17-8-12-19(13-9-17)23-22(25)18-10-14-20(15-11-18)24(2)29(26,27)21-7-5-16-28-21/h5,7-16H,3-4,6H2,1-2H3,(H,23,25). The van der Waals surface area contributed by atoms with E-state index >= 15 is 0 Å². The number of nitrogens with zero attached hydrogens (tertiary/aromatic N) is 1. The second-order valence-electron chi connectivity index (χ2n) is 6.71. The smallest absolute Gasteiger partial charge is 0.273 e. The van der Waals surface area contributed by atoms with E-state index in [1.165, 1.54) is 28.3 Å². The zero-order chi connectivity index (χ0) is 20.9. The summed E-state index contributed by atoms with van der Waals surface area (Å²) in [7, 11) is -2.09. The maximum absolute atomic E-state index is 12.6. The van der Waals surface area contributed by atoms with Crippen LogP contribution in [0.4, 0.5) is 11.4 Å². The first-order valence-corrected chi connectivity index (χ1v) is 11.8. The quantitative estimate of drug-likeness (QED) is 0.538. The van der Waals surface area contributed by atoms with Crippen molar-refractivity contribution in [1.29, 1.82) is 0 Å². The van der Waals surface area contributed by atoms with Crippen molar-refractivity contribution in [2.75, 3.05) is 16.7 Å². The molecule has 1 heterocycles.